The van der Waals surface area contributed by atoms with Crippen molar-refractivity contribution in [2.24, 2.45) is 0 Å². The molecule has 104 valence electrons. The second kappa shape index (κ2) is 6.06. The van der Waals surface area contributed by atoms with Gasteiger partial charge in [-0.05, 0) is 44.6 Å². The first-order chi connectivity index (χ1) is 9.06. The third-order valence-electron chi connectivity index (χ3n) is 3.51. The van der Waals surface area contributed by atoms with Crippen LogP contribution in [0, 0.1) is 0 Å². The van der Waals surface area contributed by atoms with Crippen molar-refractivity contribution in [3.05, 3.63) is 29.8 Å². The molecule has 1 N–H and O–H groups in total. The maximum absolute atomic E-state index is 11.9. The number of nitrogens with one attached hydrogen (secondary N) is 1. The Bertz CT molecular complexity index is 445. The van der Waals surface area contributed by atoms with Gasteiger partial charge in [0.05, 0.1) is 0 Å². The van der Waals surface area contributed by atoms with Crippen LogP contribution in [0.25, 0.3) is 0 Å². The molecule has 1 aliphatic rings. The van der Waals surface area contributed by atoms with Crippen LogP contribution in [0.2, 0.25) is 0 Å². The molecule has 1 aliphatic heterocycles. The highest BCUT2D eigenvalue weighted by Crippen LogP contribution is 2.17. The summed E-state index contributed by atoms with van der Waals surface area (Å²) in [6.45, 7) is 2.24. The Hall–Kier alpha value is -1.55. The fourth-order valence-electron chi connectivity index (χ4n) is 2.52. The summed E-state index contributed by atoms with van der Waals surface area (Å²) in [5, 5.41) is 3.53. The first-order valence-electron chi connectivity index (χ1n) is 6.83. The fraction of sp³-hybridized carbons (Fsp3) is 0.533. The van der Waals surface area contributed by atoms with Gasteiger partial charge in [0.25, 0.3) is 5.91 Å². The number of carbonyl (C=O) groups is 1. The summed E-state index contributed by atoms with van der Waals surface area (Å²) >= 11 is 0. The van der Waals surface area contributed by atoms with E-state index < -0.39 is 0 Å². The number of anilines is 1. The molecule has 4 heteroatoms. The Kier molecular flexibility index (Phi) is 4.43. The quantitative estimate of drug-likeness (QED) is 0.902. The highest BCUT2D eigenvalue weighted by molar-refractivity contribution is 5.94. The first kappa shape index (κ1) is 13.9. The fourth-order valence-corrected chi connectivity index (χ4v) is 2.52. The molecule has 1 atom stereocenters. The van der Waals surface area contributed by atoms with E-state index in [0.717, 1.165) is 17.8 Å². The highest BCUT2D eigenvalue weighted by Gasteiger charge is 2.17. The molecule has 0 bridgehead atoms. The maximum Gasteiger partial charge on any atom is 0.253 e. The zero-order valence-electron chi connectivity index (χ0n) is 12.0. The Balaban J connectivity index is 2.04. The number of nitrogens with zero attached hydrogens (tertiary/aromatic N) is 2. The number of hydrogen-bond donors (Lipinski definition) is 1. The summed E-state index contributed by atoms with van der Waals surface area (Å²) in [4.78, 5) is 15.9. The van der Waals surface area contributed by atoms with Crippen LogP contribution in [0.4, 0.5) is 5.69 Å². The van der Waals surface area contributed by atoms with Gasteiger partial charge in [-0.1, -0.05) is 6.07 Å². The summed E-state index contributed by atoms with van der Waals surface area (Å²) in [5.74, 6) is 0.0458. The molecular formula is C15H23N3O. The number of carbonyl (C=O) groups excluding carboxylic acids is 1. The SMILES string of the molecule is CN1CCCC(Nc2cccc(C(=O)N(C)C)c2)C1. The number of amides is 1. The van der Waals surface area contributed by atoms with Gasteiger partial charge in [-0.2, -0.15) is 0 Å². The van der Waals surface area contributed by atoms with Gasteiger partial charge in [-0.3, -0.25) is 4.79 Å². The minimum Gasteiger partial charge on any atom is -0.381 e. The second-order valence-corrected chi connectivity index (χ2v) is 5.53. The first-order valence-corrected chi connectivity index (χ1v) is 6.83. The lowest BCUT2D eigenvalue weighted by molar-refractivity contribution is 0.0827. The third kappa shape index (κ3) is 3.70. The van der Waals surface area contributed by atoms with Crippen molar-refractivity contribution < 1.29 is 4.79 Å². The molecule has 0 aromatic heterocycles. The topological polar surface area (TPSA) is 35.6 Å². The van der Waals surface area contributed by atoms with E-state index in [1.54, 1.807) is 19.0 Å². The van der Waals surface area contributed by atoms with E-state index in [4.69, 9.17) is 0 Å². The van der Waals surface area contributed by atoms with Crippen LogP contribution in [0.1, 0.15) is 23.2 Å². The maximum atomic E-state index is 11.9. The number of piperidine rings is 1. The molecule has 1 fully saturated rings. The lowest BCUT2D eigenvalue weighted by atomic mass is 10.1. The molecule has 4 nitrogen and oxygen atoms in total. The average Bonchev–Trinajstić information content (AvgIpc) is 2.38. The zero-order valence-corrected chi connectivity index (χ0v) is 12.0. The molecule has 1 amide bonds. The number of hydrogen-bond acceptors (Lipinski definition) is 3. The van der Waals surface area contributed by atoms with E-state index in [9.17, 15) is 4.79 Å². The molecule has 1 unspecified atom stereocenters. The average molecular weight is 261 g/mol. The van der Waals surface area contributed by atoms with Gasteiger partial charge in [-0.15, -0.1) is 0 Å². The summed E-state index contributed by atoms with van der Waals surface area (Å²) in [5.41, 5.74) is 1.77. The predicted octanol–water partition coefficient (Wildman–Crippen LogP) is 1.89. The van der Waals surface area contributed by atoms with Crippen LogP contribution < -0.4 is 5.32 Å². The van der Waals surface area contributed by atoms with Gasteiger partial charge in [0.2, 0.25) is 0 Å². The van der Waals surface area contributed by atoms with Crippen molar-refractivity contribution in [2.45, 2.75) is 18.9 Å². The normalized spacial score (nSPS) is 20.1. The zero-order chi connectivity index (χ0) is 13.8. The second-order valence-electron chi connectivity index (χ2n) is 5.53. The lowest BCUT2D eigenvalue weighted by Gasteiger charge is -2.31. The molecular weight excluding hydrogens is 238 g/mol. The van der Waals surface area contributed by atoms with E-state index in [1.165, 1.54) is 19.4 Å². The number of likely N-dealkylation sites (N-methyl/N-ethyl adjacent to an activating group) is 1. The van der Waals surface area contributed by atoms with Crippen LogP contribution in [-0.2, 0) is 0 Å². The minimum absolute atomic E-state index is 0.0458. The van der Waals surface area contributed by atoms with Gasteiger partial charge in [0, 0.05) is 37.9 Å². The summed E-state index contributed by atoms with van der Waals surface area (Å²) in [6.07, 6.45) is 2.42. The smallest absolute Gasteiger partial charge is 0.253 e. The van der Waals surface area contributed by atoms with E-state index in [2.05, 4.69) is 17.3 Å². The van der Waals surface area contributed by atoms with Crippen LogP contribution in [0.15, 0.2) is 24.3 Å². The van der Waals surface area contributed by atoms with Gasteiger partial charge in [-0.25, -0.2) is 0 Å². The number of rotatable bonds is 3. The Morgan fingerprint density at radius 2 is 2.21 bits per heavy atom. The van der Waals surface area contributed by atoms with Crippen LogP contribution in [-0.4, -0.2) is 56.0 Å². The highest BCUT2D eigenvalue weighted by atomic mass is 16.2. The standard InChI is InChI=1S/C15H23N3O/c1-17(2)15(19)12-6-4-7-13(10-12)16-14-8-5-9-18(3)11-14/h4,6-7,10,14,16H,5,8-9,11H2,1-3H3. The Morgan fingerprint density at radius 3 is 2.89 bits per heavy atom. The molecule has 1 aromatic rings. The van der Waals surface area contributed by atoms with Crippen molar-refractivity contribution in [1.29, 1.82) is 0 Å². The molecule has 1 heterocycles. The molecule has 19 heavy (non-hydrogen) atoms. The van der Waals surface area contributed by atoms with Crippen LogP contribution in [0.3, 0.4) is 0 Å². The van der Waals surface area contributed by atoms with Gasteiger partial charge in [0.15, 0.2) is 0 Å². The molecule has 2 rings (SSSR count). The van der Waals surface area contributed by atoms with Crippen molar-refractivity contribution >= 4 is 11.6 Å². The van der Waals surface area contributed by atoms with Crippen molar-refractivity contribution in [3.8, 4) is 0 Å². The summed E-state index contributed by atoms with van der Waals surface area (Å²) in [7, 11) is 5.71. The predicted molar refractivity (Wildman–Crippen MR) is 78.6 cm³/mol. The number of likely N-dealkylation sites (tertiary alicyclic amines) is 1. The molecule has 1 aromatic carbocycles. The van der Waals surface area contributed by atoms with Crippen LogP contribution >= 0.6 is 0 Å². The van der Waals surface area contributed by atoms with Gasteiger partial charge in [0.1, 0.15) is 0 Å². The summed E-state index contributed by atoms with van der Waals surface area (Å²) < 4.78 is 0. The molecule has 0 radical (unpaired) electrons. The van der Waals surface area contributed by atoms with E-state index >= 15 is 0 Å². The van der Waals surface area contributed by atoms with Crippen molar-refractivity contribution in [1.82, 2.24) is 9.80 Å². The third-order valence-corrected chi connectivity index (χ3v) is 3.51. The van der Waals surface area contributed by atoms with Gasteiger partial charge < -0.3 is 15.1 Å². The van der Waals surface area contributed by atoms with Crippen molar-refractivity contribution in [2.75, 3.05) is 39.5 Å². The number of benzene rings is 1. The van der Waals surface area contributed by atoms with Crippen molar-refractivity contribution in [3.63, 3.8) is 0 Å². The molecule has 1 saturated heterocycles. The molecule has 0 spiro atoms. The lowest BCUT2D eigenvalue weighted by Crippen LogP contribution is -2.39. The molecule has 0 aliphatic carbocycles. The van der Waals surface area contributed by atoms with E-state index in [0.29, 0.717) is 6.04 Å². The van der Waals surface area contributed by atoms with Gasteiger partial charge >= 0.3 is 0 Å². The summed E-state index contributed by atoms with van der Waals surface area (Å²) in [6, 6.07) is 8.24. The minimum atomic E-state index is 0.0458. The van der Waals surface area contributed by atoms with Crippen LogP contribution in [0.5, 0.6) is 0 Å². The Labute approximate surface area is 115 Å². The Morgan fingerprint density at radius 1 is 1.42 bits per heavy atom. The largest absolute Gasteiger partial charge is 0.381 e. The van der Waals surface area contributed by atoms with E-state index in [1.807, 2.05) is 24.3 Å². The monoisotopic (exact) mass is 261 g/mol. The van der Waals surface area contributed by atoms with E-state index in [-0.39, 0.29) is 5.91 Å². The molecule has 0 saturated carbocycles.